The number of nitrogens with one attached hydrogen (secondary N) is 1. The van der Waals surface area contributed by atoms with Gasteiger partial charge in [-0.25, -0.2) is 0 Å². The number of hydrogen-bond acceptors (Lipinski definition) is 3. The topological polar surface area (TPSA) is 49.4 Å². The zero-order valence-corrected chi connectivity index (χ0v) is 13.2. The molecule has 0 aliphatic rings. The number of rotatable bonds is 5. The van der Waals surface area contributed by atoms with Crippen molar-refractivity contribution < 1.29 is 9.59 Å². The standard InChI is InChI=1S/C17H17ClN2O2/c1-20(2)15-8-6-12(7-9-15)16(21)11-19-17(22)13-4-3-5-14(18)10-13/h3-10H,11H2,1-2H3,(H,19,22). The third kappa shape index (κ3) is 4.09. The van der Waals surface area contributed by atoms with Crippen LogP contribution < -0.4 is 10.2 Å². The third-order valence-corrected chi connectivity index (χ3v) is 3.44. The summed E-state index contributed by atoms with van der Waals surface area (Å²) in [6.07, 6.45) is 0. The molecule has 0 aliphatic heterocycles. The van der Waals surface area contributed by atoms with Gasteiger partial charge in [-0.1, -0.05) is 17.7 Å². The number of ketones is 1. The first-order chi connectivity index (χ1) is 10.5. The molecule has 114 valence electrons. The van der Waals surface area contributed by atoms with Crippen LogP contribution in [0.15, 0.2) is 48.5 Å². The Morgan fingerprint density at radius 3 is 2.32 bits per heavy atom. The molecule has 0 aliphatic carbocycles. The maximum Gasteiger partial charge on any atom is 0.251 e. The van der Waals surface area contributed by atoms with Gasteiger partial charge in [0, 0.05) is 35.9 Å². The quantitative estimate of drug-likeness (QED) is 0.863. The Morgan fingerprint density at radius 1 is 1.05 bits per heavy atom. The van der Waals surface area contributed by atoms with Gasteiger partial charge in [-0.2, -0.15) is 0 Å². The highest BCUT2D eigenvalue weighted by Gasteiger charge is 2.10. The second-order valence-corrected chi connectivity index (χ2v) is 5.49. The molecular formula is C17H17ClN2O2. The van der Waals surface area contributed by atoms with E-state index in [0.29, 0.717) is 16.1 Å². The van der Waals surface area contributed by atoms with E-state index < -0.39 is 0 Å². The van der Waals surface area contributed by atoms with E-state index in [9.17, 15) is 9.59 Å². The number of amides is 1. The summed E-state index contributed by atoms with van der Waals surface area (Å²) >= 11 is 5.84. The summed E-state index contributed by atoms with van der Waals surface area (Å²) in [5, 5.41) is 3.09. The molecule has 4 nitrogen and oxygen atoms in total. The molecule has 0 spiro atoms. The molecule has 0 unspecified atom stereocenters. The fourth-order valence-electron chi connectivity index (χ4n) is 1.94. The van der Waals surface area contributed by atoms with Gasteiger partial charge in [0.15, 0.2) is 5.78 Å². The molecule has 0 fully saturated rings. The van der Waals surface area contributed by atoms with Gasteiger partial charge in [-0.15, -0.1) is 0 Å². The number of hydrogen-bond donors (Lipinski definition) is 1. The average molecular weight is 317 g/mol. The van der Waals surface area contributed by atoms with Gasteiger partial charge in [0.05, 0.1) is 6.54 Å². The van der Waals surface area contributed by atoms with Crippen molar-refractivity contribution in [2.45, 2.75) is 0 Å². The van der Waals surface area contributed by atoms with Crippen LogP contribution in [0.1, 0.15) is 20.7 Å². The minimum atomic E-state index is -0.319. The lowest BCUT2D eigenvalue weighted by Gasteiger charge is -2.12. The summed E-state index contributed by atoms with van der Waals surface area (Å²) in [6.45, 7) is -0.0490. The lowest BCUT2D eigenvalue weighted by Crippen LogP contribution is -2.29. The van der Waals surface area contributed by atoms with Crippen LogP contribution >= 0.6 is 11.6 Å². The molecule has 2 rings (SSSR count). The molecule has 0 saturated heterocycles. The van der Waals surface area contributed by atoms with Crippen LogP contribution in [0.5, 0.6) is 0 Å². The molecule has 1 N–H and O–H groups in total. The first-order valence-corrected chi connectivity index (χ1v) is 7.19. The van der Waals surface area contributed by atoms with Crippen LogP contribution in [-0.4, -0.2) is 32.3 Å². The summed E-state index contributed by atoms with van der Waals surface area (Å²) in [5.41, 5.74) is 2.01. The predicted octanol–water partition coefficient (Wildman–Crippen LogP) is 3.02. The second-order valence-electron chi connectivity index (χ2n) is 5.06. The molecular weight excluding hydrogens is 300 g/mol. The van der Waals surface area contributed by atoms with Crippen molar-refractivity contribution in [1.29, 1.82) is 0 Å². The van der Waals surface area contributed by atoms with E-state index in [0.717, 1.165) is 5.69 Å². The average Bonchev–Trinajstić information content (AvgIpc) is 2.52. The van der Waals surface area contributed by atoms with E-state index in [1.54, 1.807) is 36.4 Å². The summed E-state index contributed by atoms with van der Waals surface area (Å²) in [6, 6.07) is 13.8. The number of benzene rings is 2. The zero-order chi connectivity index (χ0) is 16.1. The van der Waals surface area contributed by atoms with Crippen LogP contribution in [0.25, 0.3) is 0 Å². The van der Waals surface area contributed by atoms with Gasteiger partial charge in [0.1, 0.15) is 0 Å². The van der Waals surface area contributed by atoms with Gasteiger partial charge in [-0.3, -0.25) is 9.59 Å². The SMILES string of the molecule is CN(C)c1ccc(C(=O)CNC(=O)c2cccc(Cl)c2)cc1. The van der Waals surface area contributed by atoms with Crippen molar-refractivity contribution in [3.05, 3.63) is 64.7 Å². The van der Waals surface area contributed by atoms with E-state index in [2.05, 4.69) is 5.32 Å². The van der Waals surface area contributed by atoms with Crippen molar-refractivity contribution >= 4 is 29.0 Å². The lowest BCUT2D eigenvalue weighted by atomic mass is 10.1. The Balaban J connectivity index is 1.96. The van der Waals surface area contributed by atoms with Crippen LogP contribution in [0.4, 0.5) is 5.69 Å². The molecule has 0 radical (unpaired) electrons. The van der Waals surface area contributed by atoms with Crippen LogP contribution in [0, 0.1) is 0 Å². The molecule has 5 heteroatoms. The fraction of sp³-hybridized carbons (Fsp3) is 0.176. The second kappa shape index (κ2) is 7.09. The molecule has 0 saturated carbocycles. The summed E-state index contributed by atoms with van der Waals surface area (Å²) in [7, 11) is 3.87. The predicted molar refractivity (Wildman–Crippen MR) is 88.9 cm³/mol. The Labute approximate surface area is 134 Å². The Bertz CT molecular complexity index is 681. The minimum Gasteiger partial charge on any atom is -0.378 e. The van der Waals surface area contributed by atoms with Gasteiger partial charge < -0.3 is 10.2 Å². The normalized spacial score (nSPS) is 10.1. The molecule has 2 aromatic rings. The van der Waals surface area contributed by atoms with Gasteiger partial charge >= 0.3 is 0 Å². The highest BCUT2D eigenvalue weighted by molar-refractivity contribution is 6.31. The van der Waals surface area contributed by atoms with Crippen LogP contribution in [0.2, 0.25) is 5.02 Å². The largest absolute Gasteiger partial charge is 0.378 e. The summed E-state index contributed by atoms with van der Waals surface area (Å²) < 4.78 is 0. The zero-order valence-electron chi connectivity index (χ0n) is 12.5. The van der Waals surface area contributed by atoms with Gasteiger partial charge in [-0.05, 0) is 42.5 Å². The van der Waals surface area contributed by atoms with Crippen molar-refractivity contribution in [1.82, 2.24) is 5.32 Å². The van der Waals surface area contributed by atoms with E-state index in [4.69, 9.17) is 11.6 Å². The number of carbonyl (C=O) groups is 2. The Hall–Kier alpha value is -2.33. The van der Waals surface area contributed by atoms with Crippen molar-refractivity contribution in [2.75, 3.05) is 25.5 Å². The molecule has 2 aromatic carbocycles. The monoisotopic (exact) mass is 316 g/mol. The molecule has 0 aromatic heterocycles. The van der Waals surface area contributed by atoms with Crippen molar-refractivity contribution in [3.8, 4) is 0 Å². The maximum absolute atomic E-state index is 12.1. The van der Waals surface area contributed by atoms with Gasteiger partial charge in [0.2, 0.25) is 0 Å². The maximum atomic E-state index is 12.1. The molecule has 22 heavy (non-hydrogen) atoms. The van der Waals surface area contributed by atoms with Gasteiger partial charge in [0.25, 0.3) is 5.91 Å². The van der Waals surface area contributed by atoms with Crippen LogP contribution in [0.3, 0.4) is 0 Å². The highest BCUT2D eigenvalue weighted by Crippen LogP contribution is 2.13. The minimum absolute atomic E-state index is 0.0490. The summed E-state index contributed by atoms with van der Waals surface area (Å²) in [5.74, 6) is -0.457. The van der Waals surface area contributed by atoms with E-state index in [-0.39, 0.29) is 18.2 Å². The number of halogens is 1. The fourth-order valence-corrected chi connectivity index (χ4v) is 2.13. The smallest absolute Gasteiger partial charge is 0.251 e. The highest BCUT2D eigenvalue weighted by atomic mass is 35.5. The number of Topliss-reactive ketones (excluding diaryl/α,β-unsaturated/α-hetero) is 1. The molecule has 0 heterocycles. The number of carbonyl (C=O) groups excluding carboxylic acids is 2. The number of anilines is 1. The van der Waals surface area contributed by atoms with Crippen LogP contribution in [-0.2, 0) is 0 Å². The molecule has 0 atom stereocenters. The Morgan fingerprint density at radius 2 is 1.73 bits per heavy atom. The summed E-state index contributed by atoms with van der Waals surface area (Å²) in [4.78, 5) is 26.0. The molecule has 1 amide bonds. The van der Waals surface area contributed by atoms with E-state index >= 15 is 0 Å². The first-order valence-electron chi connectivity index (χ1n) is 6.82. The van der Waals surface area contributed by atoms with Crippen molar-refractivity contribution in [3.63, 3.8) is 0 Å². The molecule has 0 bridgehead atoms. The van der Waals surface area contributed by atoms with Crippen molar-refractivity contribution in [2.24, 2.45) is 0 Å². The third-order valence-electron chi connectivity index (χ3n) is 3.20. The lowest BCUT2D eigenvalue weighted by molar-refractivity contribution is 0.0904. The number of nitrogens with zero attached hydrogens (tertiary/aromatic N) is 1. The first kappa shape index (κ1) is 16.0. The van der Waals surface area contributed by atoms with E-state index in [1.807, 2.05) is 31.1 Å². The van der Waals surface area contributed by atoms with E-state index in [1.165, 1.54) is 0 Å². The Kier molecular flexibility index (Phi) is 5.17.